The summed E-state index contributed by atoms with van der Waals surface area (Å²) in [5.74, 6) is 5.31. The van der Waals surface area contributed by atoms with Gasteiger partial charge in [0.1, 0.15) is 5.82 Å². The van der Waals surface area contributed by atoms with Gasteiger partial charge in [-0.2, -0.15) is 0 Å². The fourth-order valence-electron chi connectivity index (χ4n) is 2.59. The number of ether oxygens (including phenoxy) is 2. The zero-order chi connectivity index (χ0) is 13.9. The third-order valence-electron chi connectivity index (χ3n) is 3.71. The molecule has 1 aliphatic heterocycles. The van der Waals surface area contributed by atoms with Crippen molar-refractivity contribution >= 4 is 11.6 Å². The summed E-state index contributed by atoms with van der Waals surface area (Å²) in [5, 5.41) is 0.465. The average molecular weight is 289 g/mol. The molecule has 1 fully saturated rings. The number of halogens is 2. The lowest BCUT2D eigenvalue weighted by Gasteiger charge is -2.42. The van der Waals surface area contributed by atoms with Gasteiger partial charge in [-0.15, -0.1) is 0 Å². The molecular formula is C13H18ClFN2O2. The van der Waals surface area contributed by atoms with Gasteiger partial charge in [0, 0.05) is 38.2 Å². The number of nitrogens with one attached hydrogen (secondary N) is 1. The fourth-order valence-corrected chi connectivity index (χ4v) is 2.82. The molecule has 1 unspecified atom stereocenters. The molecule has 106 valence electrons. The Morgan fingerprint density at radius 1 is 1.47 bits per heavy atom. The van der Waals surface area contributed by atoms with Crippen LogP contribution in [0.5, 0.6) is 0 Å². The molecule has 4 nitrogen and oxygen atoms in total. The topological polar surface area (TPSA) is 56.5 Å². The van der Waals surface area contributed by atoms with E-state index in [1.54, 1.807) is 7.11 Å². The smallest absolute Gasteiger partial charge is 0.123 e. The van der Waals surface area contributed by atoms with Gasteiger partial charge in [0.15, 0.2) is 0 Å². The highest BCUT2D eigenvalue weighted by Crippen LogP contribution is 2.39. The van der Waals surface area contributed by atoms with E-state index in [2.05, 4.69) is 5.43 Å². The van der Waals surface area contributed by atoms with Crippen LogP contribution in [0.4, 0.5) is 4.39 Å². The van der Waals surface area contributed by atoms with Crippen LogP contribution in [0.2, 0.25) is 5.02 Å². The molecule has 0 amide bonds. The Morgan fingerprint density at radius 2 is 2.16 bits per heavy atom. The van der Waals surface area contributed by atoms with E-state index < -0.39 is 5.60 Å². The van der Waals surface area contributed by atoms with Crippen LogP contribution in [0.3, 0.4) is 0 Å². The summed E-state index contributed by atoms with van der Waals surface area (Å²) in [4.78, 5) is 0. The van der Waals surface area contributed by atoms with Gasteiger partial charge in [-0.25, -0.2) is 4.39 Å². The molecule has 1 heterocycles. The maximum Gasteiger partial charge on any atom is 0.123 e. The summed E-state index contributed by atoms with van der Waals surface area (Å²) in [6.07, 6.45) is 1.34. The van der Waals surface area contributed by atoms with Gasteiger partial charge in [0.2, 0.25) is 0 Å². The Hall–Kier alpha value is -0.720. The van der Waals surface area contributed by atoms with E-state index in [0.29, 0.717) is 36.6 Å². The van der Waals surface area contributed by atoms with Crippen molar-refractivity contribution in [1.82, 2.24) is 5.43 Å². The van der Waals surface area contributed by atoms with Crippen molar-refractivity contribution in [2.45, 2.75) is 24.5 Å². The van der Waals surface area contributed by atoms with Crippen LogP contribution < -0.4 is 11.3 Å². The SMILES string of the molecule is COC1(C(NN)c2cc(F)ccc2Cl)CCOCC1. The number of hydrogen-bond donors (Lipinski definition) is 2. The van der Waals surface area contributed by atoms with E-state index in [-0.39, 0.29) is 11.9 Å². The predicted octanol–water partition coefficient (Wildman–Crippen LogP) is 2.18. The Balaban J connectivity index is 2.39. The molecule has 1 aliphatic rings. The van der Waals surface area contributed by atoms with Crippen LogP contribution in [0.25, 0.3) is 0 Å². The van der Waals surface area contributed by atoms with Crippen LogP contribution in [-0.4, -0.2) is 25.9 Å². The van der Waals surface area contributed by atoms with Crippen LogP contribution in [0.15, 0.2) is 18.2 Å². The highest BCUT2D eigenvalue weighted by Gasteiger charge is 2.42. The molecule has 0 bridgehead atoms. The number of benzene rings is 1. The number of methoxy groups -OCH3 is 1. The lowest BCUT2D eigenvalue weighted by atomic mass is 9.82. The molecule has 19 heavy (non-hydrogen) atoms. The number of hydrazine groups is 1. The van der Waals surface area contributed by atoms with E-state index in [4.69, 9.17) is 26.9 Å². The van der Waals surface area contributed by atoms with Crippen molar-refractivity contribution in [3.63, 3.8) is 0 Å². The van der Waals surface area contributed by atoms with Gasteiger partial charge < -0.3 is 9.47 Å². The summed E-state index contributed by atoms with van der Waals surface area (Å²) in [6.45, 7) is 1.16. The largest absolute Gasteiger partial charge is 0.381 e. The quantitative estimate of drug-likeness (QED) is 0.659. The minimum absolute atomic E-state index is 0.349. The molecule has 0 spiro atoms. The monoisotopic (exact) mass is 288 g/mol. The minimum Gasteiger partial charge on any atom is -0.381 e. The first-order valence-electron chi connectivity index (χ1n) is 6.17. The second kappa shape index (κ2) is 6.15. The number of nitrogens with two attached hydrogens (primary N) is 1. The van der Waals surface area contributed by atoms with E-state index in [1.807, 2.05) is 0 Å². The van der Waals surface area contributed by atoms with Gasteiger partial charge in [-0.05, 0) is 23.8 Å². The van der Waals surface area contributed by atoms with Gasteiger partial charge in [-0.3, -0.25) is 11.3 Å². The normalized spacial score (nSPS) is 20.2. The third kappa shape index (κ3) is 2.90. The molecule has 0 saturated carbocycles. The lowest BCUT2D eigenvalue weighted by Crippen LogP contribution is -2.51. The van der Waals surface area contributed by atoms with Crippen molar-refractivity contribution in [1.29, 1.82) is 0 Å². The Labute approximate surface area is 117 Å². The van der Waals surface area contributed by atoms with Crippen molar-refractivity contribution < 1.29 is 13.9 Å². The van der Waals surface area contributed by atoms with E-state index in [0.717, 1.165) is 0 Å². The van der Waals surface area contributed by atoms with E-state index >= 15 is 0 Å². The van der Waals surface area contributed by atoms with E-state index in [1.165, 1.54) is 18.2 Å². The highest BCUT2D eigenvalue weighted by molar-refractivity contribution is 6.31. The first kappa shape index (κ1) is 14.7. The van der Waals surface area contributed by atoms with Crippen molar-refractivity contribution in [3.8, 4) is 0 Å². The second-order valence-corrected chi connectivity index (χ2v) is 5.05. The summed E-state index contributed by atoms with van der Waals surface area (Å²) >= 11 is 6.16. The maximum atomic E-state index is 13.4. The summed E-state index contributed by atoms with van der Waals surface area (Å²) in [5.41, 5.74) is 2.78. The lowest BCUT2D eigenvalue weighted by molar-refractivity contribution is -0.111. The maximum absolute atomic E-state index is 13.4. The minimum atomic E-state index is -0.537. The zero-order valence-electron chi connectivity index (χ0n) is 10.8. The third-order valence-corrected chi connectivity index (χ3v) is 4.05. The zero-order valence-corrected chi connectivity index (χ0v) is 11.5. The molecule has 1 aromatic rings. The van der Waals surface area contributed by atoms with E-state index in [9.17, 15) is 4.39 Å². The van der Waals surface area contributed by atoms with Crippen molar-refractivity contribution in [3.05, 3.63) is 34.6 Å². The van der Waals surface area contributed by atoms with Gasteiger partial charge in [0.25, 0.3) is 0 Å². The van der Waals surface area contributed by atoms with Crippen molar-refractivity contribution in [2.75, 3.05) is 20.3 Å². The van der Waals surface area contributed by atoms with Gasteiger partial charge in [0.05, 0.1) is 11.6 Å². The molecule has 1 aromatic carbocycles. The van der Waals surface area contributed by atoms with Crippen LogP contribution >= 0.6 is 11.6 Å². The molecule has 3 N–H and O–H groups in total. The highest BCUT2D eigenvalue weighted by atomic mass is 35.5. The summed E-state index contributed by atoms with van der Waals surface area (Å²) in [6, 6.07) is 3.86. The molecular weight excluding hydrogens is 271 g/mol. The van der Waals surface area contributed by atoms with Gasteiger partial charge >= 0.3 is 0 Å². The summed E-state index contributed by atoms with van der Waals surface area (Å²) in [7, 11) is 1.63. The second-order valence-electron chi connectivity index (χ2n) is 4.65. The Bertz CT molecular complexity index is 439. The first-order chi connectivity index (χ1) is 9.13. The number of rotatable bonds is 4. The fraction of sp³-hybridized carbons (Fsp3) is 0.538. The Kier molecular flexibility index (Phi) is 4.76. The first-order valence-corrected chi connectivity index (χ1v) is 6.55. The van der Waals surface area contributed by atoms with Crippen LogP contribution in [-0.2, 0) is 9.47 Å². The van der Waals surface area contributed by atoms with Crippen LogP contribution in [0.1, 0.15) is 24.4 Å². The molecule has 6 heteroatoms. The van der Waals surface area contributed by atoms with Crippen molar-refractivity contribution in [2.24, 2.45) is 5.84 Å². The standard InChI is InChI=1S/C13H18ClFN2O2/c1-18-13(4-6-19-7-5-13)12(17-16)10-8-9(15)2-3-11(10)14/h2-3,8,12,17H,4-7,16H2,1H3. The predicted molar refractivity (Wildman–Crippen MR) is 71.3 cm³/mol. The molecule has 1 saturated heterocycles. The molecule has 1 atom stereocenters. The number of hydrogen-bond acceptors (Lipinski definition) is 4. The molecule has 0 radical (unpaired) electrons. The summed E-state index contributed by atoms with van der Waals surface area (Å²) < 4.78 is 24.5. The Morgan fingerprint density at radius 3 is 2.74 bits per heavy atom. The van der Waals surface area contributed by atoms with Gasteiger partial charge in [-0.1, -0.05) is 11.6 Å². The molecule has 2 rings (SSSR count). The average Bonchev–Trinajstić information content (AvgIpc) is 2.44. The molecule has 0 aliphatic carbocycles. The molecule has 0 aromatic heterocycles. The van der Waals surface area contributed by atoms with Crippen LogP contribution in [0, 0.1) is 5.82 Å².